The highest BCUT2D eigenvalue weighted by atomic mass is 16.8. The van der Waals surface area contributed by atoms with E-state index in [1.165, 1.54) is 19.4 Å². The number of hydrogen-bond acceptors (Lipinski definition) is 16. The molecule has 0 aromatic heterocycles. The zero-order valence-electron chi connectivity index (χ0n) is 42.5. The molecule has 8 N–H and O–H groups in total. The van der Waals surface area contributed by atoms with Crippen molar-refractivity contribution in [1.82, 2.24) is 0 Å². The molecule has 0 amide bonds. The Bertz CT molecular complexity index is 1880. The van der Waals surface area contributed by atoms with E-state index in [1.54, 1.807) is 0 Å². The first-order valence-corrected chi connectivity index (χ1v) is 26.7. The normalized spacial score (nSPS) is 54.3. The standard InChI is InChI=1S/C53H86O16/c1-25-16-21-53(48(62)65-29-12-10-11-13-29)23-22-51(8)30(35(53)26(25)2)14-15-33-50(7)19-18-34(49(5,6)32(50)17-20-52(33,51)9)67-47-44(69-46-41(60)39(58)37(56)28(4)64-46)42(61)43(31(24-54)66-47)68-45-40(59)38(57)36(55)27(3)63-45/h14,25-29,31-47,54-61H,10-13,15-24H2,1-9H3/t25-,26+,27+,28+,31-,32+,33-,34+,35+,36+,37+,38-,39-,40-,41-,42+,43-,44-,45+,46+,47+,50+,51-,52-,53+/m1/s1. The maximum atomic E-state index is 14.6. The van der Waals surface area contributed by atoms with Crippen LogP contribution in [0.4, 0.5) is 0 Å². The first-order chi connectivity index (χ1) is 32.4. The molecule has 3 heterocycles. The minimum absolute atomic E-state index is 0.0232. The summed E-state index contributed by atoms with van der Waals surface area (Å²) in [7, 11) is 0. The Labute approximate surface area is 408 Å². The van der Waals surface area contributed by atoms with Crippen LogP contribution < -0.4 is 0 Å². The molecule has 394 valence electrons. The number of aliphatic hydroxyl groups excluding tert-OH is 8. The number of ether oxygens (including phenoxy) is 7. The lowest BCUT2D eigenvalue weighted by Gasteiger charge is -2.71. The highest BCUT2D eigenvalue weighted by molar-refractivity contribution is 5.79. The third-order valence-corrected chi connectivity index (χ3v) is 21.2. The second kappa shape index (κ2) is 19.1. The largest absolute Gasteiger partial charge is 0.462 e. The van der Waals surface area contributed by atoms with Crippen LogP contribution in [-0.4, -0.2) is 158 Å². The van der Waals surface area contributed by atoms with Crippen molar-refractivity contribution in [1.29, 1.82) is 0 Å². The van der Waals surface area contributed by atoms with Gasteiger partial charge in [0.25, 0.3) is 0 Å². The van der Waals surface area contributed by atoms with Crippen LogP contribution in [0.15, 0.2) is 11.6 Å². The van der Waals surface area contributed by atoms with Crippen molar-refractivity contribution in [2.24, 2.45) is 56.7 Å². The Morgan fingerprint density at radius 3 is 1.86 bits per heavy atom. The van der Waals surface area contributed by atoms with Crippen LogP contribution in [0.3, 0.4) is 0 Å². The van der Waals surface area contributed by atoms with E-state index in [9.17, 15) is 45.6 Å². The molecule has 8 fully saturated rings. The Balaban J connectivity index is 0.979. The summed E-state index contributed by atoms with van der Waals surface area (Å²) in [6.07, 6.45) is -7.25. The Kier molecular flexibility index (Phi) is 14.5. The van der Waals surface area contributed by atoms with Gasteiger partial charge in [0.15, 0.2) is 18.9 Å². The van der Waals surface area contributed by atoms with Gasteiger partial charge in [-0.25, -0.2) is 0 Å². The molecule has 0 aromatic carbocycles. The quantitative estimate of drug-likeness (QED) is 0.0925. The van der Waals surface area contributed by atoms with Crippen molar-refractivity contribution in [2.75, 3.05) is 6.61 Å². The van der Waals surface area contributed by atoms with Gasteiger partial charge < -0.3 is 74.0 Å². The Morgan fingerprint density at radius 2 is 1.25 bits per heavy atom. The van der Waals surface area contributed by atoms with E-state index >= 15 is 0 Å². The van der Waals surface area contributed by atoms with Gasteiger partial charge in [-0.1, -0.05) is 60.1 Å². The number of esters is 1. The van der Waals surface area contributed by atoms with Gasteiger partial charge in [0, 0.05) is 0 Å². The third-order valence-electron chi connectivity index (χ3n) is 21.2. The van der Waals surface area contributed by atoms with Crippen LogP contribution in [0, 0.1) is 56.7 Å². The molecule has 9 rings (SSSR count). The highest BCUT2D eigenvalue weighted by Gasteiger charge is 2.70. The lowest BCUT2D eigenvalue weighted by atomic mass is 9.33. The van der Waals surface area contributed by atoms with Crippen molar-refractivity contribution >= 4 is 5.97 Å². The van der Waals surface area contributed by atoms with Gasteiger partial charge in [-0.2, -0.15) is 0 Å². The van der Waals surface area contributed by atoms with Gasteiger partial charge in [-0.15, -0.1) is 0 Å². The summed E-state index contributed by atoms with van der Waals surface area (Å²) in [4.78, 5) is 14.6. The Morgan fingerprint density at radius 1 is 0.638 bits per heavy atom. The molecule has 25 atom stereocenters. The molecule has 16 nitrogen and oxygen atoms in total. The average molecular weight is 979 g/mol. The fourth-order valence-corrected chi connectivity index (χ4v) is 16.5. The number of carbonyl (C=O) groups excluding carboxylic acids is 1. The van der Waals surface area contributed by atoms with Crippen LogP contribution >= 0.6 is 0 Å². The van der Waals surface area contributed by atoms with Gasteiger partial charge in [0.1, 0.15) is 67.1 Å². The molecule has 16 heteroatoms. The summed E-state index contributed by atoms with van der Waals surface area (Å²) in [5.74, 6) is 1.67. The summed E-state index contributed by atoms with van der Waals surface area (Å²) < 4.78 is 43.8. The van der Waals surface area contributed by atoms with Gasteiger partial charge >= 0.3 is 5.97 Å². The van der Waals surface area contributed by atoms with Crippen LogP contribution in [0.5, 0.6) is 0 Å². The topological polar surface area (TPSA) is 244 Å². The molecule has 5 saturated carbocycles. The van der Waals surface area contributed by atoms with E-state index in [2.05, 4.69) is 54.5 Å². The molecule has 3 aliphatic heterocycles. The van der Waals surface area contributed by atoms with E-state index in [0.717, 1.165) is 77.0 Å². The summed E-state index contributed by atoms with van der Waals surface area (Å²) in [6.45, 7) is 19.1. The molecule has 6 aliphatic carbocycles. The first kappa shape index (κ1) is 52.5. The highest BCUT2D eigenvalue weighted by Crippen LogP contribution is 2.76. The number of hydrogen-bond donors (Lipinski definition) is 8. The van der Waals surface area contributed by atoms with E-state index in [0.29, 0.717) is 24.2 Å². The van der Waals surface area contributed by atoms with Crippen LogP contribution in [0.2, 0.25) is 0 Å². The van der Waals surface area contributed by atoms with Gasteiger partial charge in [-0.05, 0) is 149 Å². The van der Waals surface area contributed by atoms with Gasteiger partial charge in [0.05, 0.1) is 30.3 Å². The van der Waals surface area contributed by atoms with Gasteiger partial charge in [0.2, 0.25) is 0 Å². The number of aliphatic hydroxyl groups is 8. The SMILES string of the molecule is C[C@H]1[C@H](C)CC[C@]2(C(=O)OC3CCCC3)CC[C@]3(C)C(=CC[C@@H]4[C@@]5(C)CC[C@H](O[C@@H]6O[C@H](CO)[C@@H](O[C@@H]7O[C@@H](C)[C@H](O)[C@@H](O)[C@H]7O)[C@H](O)[C@H]6O[C@@H]6O[C@@H](C)[C@H](O)[C@@H](O)[C@H]6O)C(C)(C)[C@@H]5CC[C@]43C)[C@H]12. The van der Waals surface area contributed by atoms with E-state index in [4.69, 9.17) is 33.2 Å². The maximum absolute atomic E-state index is 14.6. The van der Waals surface area contributed by atoms with E-state index in [-0.39, 0.29) is 40.2 Å². The van der Waals surface area contributed by atoms with Crippen molar-refractivity contribution in [3.05, 3.63) is 11.6 Å². The van der Waals surface area contributed by atoms with Crippen molar-refractivity contribution in [2.45, 2.75) is 250 Å². The minimum Gasteiger partial charge on any atom is -0.462 e. The fourth-order valence-electron chi connectivity index (χ4n) is 16.5. The minimum atomic E-state index is -1.73. The molecule has 0 bridgehead atoms. The molecular formula is C53H86O16. The lowest BCUT2D eigenvalue weighted by molar-refractivity contribution is -0.393. The molecule has 9 aliphatic rings. The molecule has 0 spiro atoms. The van der Waals surface area contributed by atoms with E-state index in [1.807, 2.05) is 0 Å². The zero-order chi connectivity index (χ0) is 49.9. The van der Waals surface area contributed by atoms with Crippen molar-refractivity contribution in [3.8, 4) is 0 Å². The van der Waals surface area contributed by atoms with Crippen molar-refractivity contribution in [3.63, 3.8) is 0 Å². The summed E-state index contributed by atoms with van der Waals surface area (Å²) in [5, 5.41) is 87.0. The molecule has 0 aromatic rings. The Hall–Kier alpha value is -1.35. The predicted octanol–water partition coefficient (Wildman–Crippen LogP) is 4.02. The number of carbonyl (C=O) groups is 1. The zero-order valence-corrected chi connectivity index (χ0v) is 42.5. The van der Waals surface area contributed by atoms with Crippen LogP contribution in [0.25, 0.3) is 0 Å². The molecule has 0 unspecified atom stereocenters. The third kappa shape index (κ3) is 8.35. The van der Waals surface area contributed by atoms with Crippen molar-refractivity contribution < 1.29 is 78.8 Å². The number of fused-ring (bicyclic) bond motifs is 7. The summed E-state index contributed by atoms with van der Waals surface area (Å²) >= 11 is 0. The van der Waals surface area contributed by atoms with Crippen LogP contribution in [0.1, 0.15) is 146 Å². The predicted molar refractivity (Wildman–Crippen MR) is 248 cm³/mol. The average Bonchev–Trinajstić information content (AvgIpc) is 3.83. The second-order valence-corrected chi connectivity index (χ2v) is 24.9. The fraction of sp³-hybridized carbons (Fsp3) is 0.943. The monoisotopic (exact) mass is 979 g/mol. The second-order valence-electron chi connectivity index (χ2n) is 24.9. The summed E-state index contributed by atoms with van der Waals surface area (Å²) in [5.41, 5.74) is 0.387. The summed E-state index contributed by atoms with van der Waals surface area (Å²) in [6, 6.07) is 0. The molecule has 3 saturated heterocycles. The van der Waals surface area contributed by atoms with Gasteiger partial charge in [-0.3, -0.25) is 4.79 Å². The molecular weight excluding hydrogens is 893 g/mol. The lowest BCUT2D eigenvalue weighted by Crippen LogP contribution is -2.68. The first-order valence-electron chi connectivity index (χ1n) is 26.7. The van der Waals surface area contributed by atoms with Crippen LogP contribution in [-0.2, 0) is 38.0 Å². The molecule has 69 heavy (non-hydrogen) atoms. The molecule has 0 radical (unpaired) electrons. The maximum Gasteiger partial charge on any atom is 0.312 e. The van der Waals surface area contributed by atoms with E-state index < -0.39 is 116 Å². The number of rotatable bonds is 9. The number of allylic oxidation sites excluding steroid dienone is 2. The smallest absolute Gasteiger partial charge is 0.312 e.